The lowest BCUT2D eigenvalue weighted by Crippen LogP contribution is -2.42. The Balaban J connectivity index is 1.71. The number of carbonyl (C=O) groups is 1. The fourth-order valence-electron chi connectivity index (χ4n) is 4.38. The Morgan fingerprint density at radius 1 is 0.931 bits per heavy atom. The first kappa shape index (κ1) is 17.8. The number of cyclic esters (lactones) is 1. The van der Waals surface area contributed by atoms with E-state index in [1.807, 2.05) is 24.3 Å². The average Bonchev–Trinajstić information content (AvgIpc) is 3.35. The zero-order valence-corrected chi connectivity index (χ0v) is 16.4. The van der Waals surface area contributed by atoms with Crippen LogP contribution in [-0.4, -0.2) is 51.8 Å². The molecule has 0 unspecified atom stereocenters. The van der Waals surface area contributed by atoms with Crippen molar-refractivity contribution in [1.82, 2.24) is 4.90 Å². The van der Waals surface area contributed by atoms with E-state index in [1.165, 1.54) is 0 Å². The Bertz CT molecular complexity index is 964. The van der Waals surface area contributed by atoms with E-state index in [0.29, 0.717) is 36.0 Å². The van der Waals surface area contributed by atoms with Gasteiger partial charge >= 0.3 is 6.09 Å². The number of methoxy groups -OCH3 is 3. The van der Waals surface area contributed by atoms with Crippen LogP contribution in [0.5, 0.6) is 28.7 Å². The molecule has 8 nitrogen and oxygen atoms in total. The molecule has 0 spiro atoms. The summed E-state index contributed by atoms with van der Waals surface area (Å²) >= 11 is 0. The molecule has 29 heavy (non-hydrogen) atoms. The summed E-state index contributed by atoms with van der Waals surface area (Å²) in [7, 11) is 4.70. The fraction of sp³-hybridized carbons (Fsp3) is 0.381. The van der Waals surface area contributed by atoms with Crippen LogP contribution >= 0.6 is 0 Å². The predicted molar refractivity (Wildman–Crippen MR) is 101 cm³/mol. The number of benzene rings is 2. The van der Waals surface area contributed by atoms with Crippen LogP contribution < -0.4 is 23.7 Å². The van der Waals surface area contributed by atoms with E-state index in [9.17, 15) is 4.79 Å². The van der Waals surface area contributed by atoms with Gasteiger partial charge in [-0.1, -0.05) is 0 Å². The molecule has 2 aromatic rings. The van der Waals surface area contributed by atoms with Gasteiger partial charge in [-0.15, -0.1) is 0 Å². The highest BCUT2D eigenvalue weighted by atomic mass is 16.7. The van der Waals surface area contributed by atoms with Crippen molar-refractivity contribution in [3.63, 3.8) is 0 Å². The first-order valence-electron chi connectivity index (χ1n) is 9.32. The summed E-state index contributed by atoms with van der Waals surface area (Å²) in [6.07, 6.45) is 0.357. The molecule has 2 atom stereocenters. The second kappa shape index (κ2) is 6.65. The van der Waals surface area contributed by atoms with Crippen molar-refractivity contribution in [1.29, 1.82) is 0 Å². The minimum atomic E-state index is -0.373. The molecule has 3 aliphatic heterocycles. The number of hydrogen-bond donors (Lipinski definition) is 0. The molecule has 1 saturated heterocycles. The van der Waals surface area contributed by atoms with Gasteiger partial charge in [0.2, 0.25) is 12.5 Å². The van der Waals surface area contributed by atoms with Crippen LogP contribution in [0.15, 0.2) is 24.3 Å². The molecular weight excluding hydrogens is 378 g/mol. The van der Waals surface area contributed by atoms with Crippen molar-refractivity contribution in [2.75, 3.05) is 34.7 Å². The molecule has 0 N–H and O–H groups in total. The lowest BCUT2D eigenvalue weighted by molar-refractivity contribution is 0.147. The van der Waals surface area contributed by atoms with Crippen molar-refractivity contribution in [2.24, 2.45) is 0 Å². The summed E-state index contributed by atoms with van der Waals surface area (Å²) < 4.78 is 33.0. The molecule has 8 heteroatoms. The van der Waals surface area contributed by atoms with Gasteiger partial charge < -0.3 is 28.4 Å². The maximum absolute atomic E-state index is 12.6. The number of amides is 1. The summed E-state index contributed by atoms with van der Waals surface area (Å²) in [5.74, 6) is 2.96. The van der Waals surface area contributed by atoms with E-state index in [1.54, 1.807) is 26.2 Å². The Hall–Kier alpha value is -3.29. The van der Waals surface area contributed by atoms with Gasteiger partial charge in [0.05, 0.1) is 33.4 Å². The summed E-state index contributed by atoms with van der Waals surface area (Å²) in [5, 5.41) is 0. The van der Waals surface area contributed by atoms with Crippen LogP contribution in [0, 0.1) is 0 Å². The smallest absolute Gasteiger partial charge is 0.411 e. The van der Waals surface area contributed by atoms with Crippen LogP contribution in [0.1, 0.15) is 22.7 Å². The van der Waals surface area contributed by atoms with Crippen LogP contribution in [0.4, 0.5) is 4.79 Å². The molecular formula is C21H21NO7. The SMILES string of the molecule is COc1cc([C@H]2c3cc4c(cc3C[C@H]3COC(=O)N32)OCO4)cc(OC)c1OC. The molecule has 3 aliphatic rings. The molecule has 1 amide bonds. The van der Waals surface area contributed by atoms with E-state index < -0.39 is 0 Å². The maximum atomic E-state index is 12.6. The Labute approximate surface area is 167 Å². The minimum Gasteiger partial charge on any atom is -0.493 e. The van der Waals surface area contributed by atoms with Crippen molar-refractivity contribution in [3.05, 3.63) is 41.0 Å². The fourth-order valence-corrected chi connectivity index (χ4v) is 4.38. The van der Waals surface area contributed by atoms with Gasteiger partial charge in [0.25, 0.3) is 0 Å². The topological polar surface area (TPSA) is 75.7 Å². The minimum absolute atomic E-state index is 0.0561. The number of ether oxygens (including phenoxy) is 6. The first-order valence-corrected chi connectivity index (χ1v) is 9.32. The molecule has 5 rings (SSSR count). The quantitative estimate of drug-likeness (QED) is 0.782. The van der Waals surface area contributed by atoms with Gasteiger partial charge in [0, 0.05) is 0 Å². The van der Waals surface area contributed by atoms with Gasteiger partial charge in [-0.3, -0.25) is 4.90 Å². The lowest BCUT2D eigenvalue weighted by Gasteiger charge is -2.37. The predicted octanol–water partition coefficient (Wildman–Crippen LogP) is 2.91. The van der Waals surface area contributed by atoms with E-state index in [0.717, 1.165) is 22.4 Å². The van der Waals surface area contributed by atoms with Crippen LogP contribution in [0.25, 0.3) is 0 Å². The van der Waals surface area contributed by atoms with Crippen molar-refractivity contribution in [2.45, 2.75) is 18.5 Å². The summed E-state index contributed by atoms with van der Waals surface area (Å²) in [4.78, 5) is 14.4. The lowest BCUT2D eigenvalue weighted by atomic mass is 9.85. The number of fused-ring (bicyclic) bond motifs is 3. The van der Waals surface area contributed by atoms with Crippen molar-refractivity contribution < 1.29 is 33.2 Å². The number of hydrogen-bond acceptors (Lipinski definition) is 7. The van der Waals surface area contributed by atoms with Crippen LogP contribution in [0.3, 0.4) is 0 Å². The molecule has 0 radical (unpaired) electrons. The van der Waals surface area contributed by atoms with Gasteiger partial charge in [0.1, 0.15) is 6.61 Å². The Morgan fingerprint density at radius 3 is 2.28 bits per heavy atom. The number of rotatable bonds is 4. The molecule has 0 aromatic heterocycles. The summed E-state index contributed by atoms with van der Waals surface area (Å²) in [5.41, 5.74) is 2.91. The highest BCUT2D eigenvalue weighted by Crippen LogP contribution is 2.48. The Morgan fingerprint density at radius 2 is 1.62 bits per heavy atom. The average molecular weight is 399 g/mol. The molecule has 3 heterocycles. The monoisotopic (exact) mass is 399 g/mol. The van der Waals surface area contributed by atoms with Gasteiger partial charge in [-0.2, -0.15) is 0 Å². The summed E-state index contributed by atoms with van der Waals surface area (Å²) in [6.45, 7) is 0.551. The highest BCUT2D eigenvalue weighted by molar-refractivity contribution is 5.73. The van der Waals surface area contributed by atoms with E-state index in [-0.39, 0.29) is 25.0 Å². The zero-order valence-electron chi connectivity index (χ0n) is 16.4. The normalized spacial score (nSPS) is 21.3. The van der Waals surface area contributed by atoms with E-state index in [2.05, 4.69) is 0 Å². The second-order valence-electron chi connectivity index (χ2n) is 7.11. The first-order chi connectivity index (χ1) is 14.1. The van der Waals surface area contributed by atoms with Crippen LogP contribution in [0.2, 0.25) is 0 Å². The third-order valence-corrected chi connectivity index (χ3v) is 5.67. The zero-order chi connectivity index (χ0) is 20.1. The molecule has 152 valence electrons. The van der Waals surface area contributed by atoms with Crippen molar-refractivity contribution >= 4 is 6.09 Å². The second-order valence-corrected chi connectivity index (χ2v) is 7.11. The molecule has 2 aromatic carbocycles. The molecule has 1 fully saturated rings. The van der Waals surface area contributed by atoms with Gasteiger partial charge in [-0.05, 0) is 47.4 Å². The number of carbonyl (C=O) groups excluding carboxylic acids is 1. The largest absolute Gasteiger partial charge is 0.493 e. The molecule has 0 saturated carbocycles. The van der Waals surface area contributed by atoms with Crippen LogP contribution in [-0.2, 0) is 11.2 Å². The third kappa shape index (κ3) is 2.62. The number of nitrogens with zero attached hydrogens (tertiary/aromatic N) is 1. The van der Waals surface area contributed by atoms with E-state index in [4.69, 9.17) is 28.4 Å². The van der Waals surface area contributed by atoms with Crippen molar-refractivity contribution in [3.8, 4) is 28.7 Å². The molecule has 0 aliphatic carbocycles. The third-order valence-electron chi connectivity index (χ3n) is 5.67. The van der Waals surface area contributed by atoms with Gasteiger partial charge in [-0.25, -0.2) is 4.79 Å². The highest BCUT2D eigenvalue weighted by Gasteiger charge is 2.45. The molecule has 0 bridgehead atoms. The van der Waals surface area contributed by atoms with Gasteiger partial charge in [0.15, 0.2) is 23.0 Å². The van der Waals surface area contributed by atoms with E-state index >= 15 is 0 Å². The Kier molecular flexibility index (Phi) is 4.08. The standard InChI is InChI=1S/C21H21NO7/c1-24-17-6-12(7-18(25-2)20(17)26-3)19-14-8-16-15(28-10-29-16)5-11(14)4-13-9-27-21(23)22(13)19/h5-8,13,19H,4,9-10H2,1-3H3/t13-,19-/m0/s1. The summed E-state index contributed by atoms with van der Waals surface area (Å²) in [6, 6.07) is 7.26. The maximum Gasteiger partial charge on any atom is 0.411 e.